The first kappa shape index (κ1) is 93.7. The Morgan fingerprint density at radius 1 is 0.305 bits per heavy atom. The van der Waals surface area contributed by atoms with E-state index >= 15 is 0 Å². The van der Waals surface area contributed by atoms with Crippen LogP contribution in [0.25, 0.3) is 0 Å². The molecule has 0 aromatic heterocycles. The molecule has 95 heavy (non-hydrogen) atoms. The summed E-state index contributed by atoms with van der Waals surface area (Å²) in [7, 11) is 0. The largest absolute Gasteiger partial charge is 0.0917 e. The van der Waals surface area contributed by atoms with Crippen LogP contribution in [0.15, 0.2) is 60.8 Å². The van der Waals surface area contributed by atoms with Crippen LogP contribution in [0.5, 0.6) is 0 Å². The lowest BCUT2D eigenvalue weighted by Crippen LogP contribution is -2.65. The van der Waals surface area contributed by atoms with Crippen LogP contribution >= 0.6 is 0 Å². The molecule has 10 atom stereocenters. The minimum absolute atomic E-state index is 0.00323. The Morgan fingerprint density at radius 2 is 0.737 bits per heavy atom. The highest BCUT2D eigenvalue weighted by Gasteiger charge is 2.70. The molecular formula is C95H181. The number of rotatable bonds is 72. The lowest BCUT2D eigenvalue weighted by atomic mass is 9.32. The molecule has 0 saturated heterocycles. The van der Waals surface area contributed by atoms with Crippen molar-refractivity contribution in [3.05, 3.63) is 66.7 Å². The van der Waals surface area contributed by atoms with Crippen molar-refractivity contribution in [3.8, 4) is 0 Å². The van der Waals surface area contributed by atoms with Gasteiger partial charge in [0.05, 0.1) is 0 Å². The predicted octanol–water partition coefficient (Wildman–Crippen LogP) is 34.6. The summed E-state index contributed by atoms with van der Waals surface area (Å²) in [6.45, 7) is 43.2. The van der Waals surface area contributed by atoms with Crippen LogP contribution in [0, 0.1) is 63.1 Å². The lowest BCUT2D eigenvalue weighted by molar-refractivity contribution is -0.201. The molecule has 0 nitrogen and oxygen atoms in total. The maximum atomic E-state index is 3.30. The van der Waals surface area contributed by atoms with E-state index in [2.05, 4.69) is 184 Å². The van der Waals surface area contributed by atoms with Crippen LogP contribution in [0.2, 0.25) is 0 Å². The van der Waals surface area contributed by atoms with Crippen molar-refractivity contribution in [2.45, 2.75) is 484 Å². The first-order chi connectivity index (χ1) is 46.4. The highest BCUT2D eigenvalue weighted by Crippen LogP contribution is 2.77. The summed E-state index contributed by atoms with van der Waals surface area (Å²) in [5.41, 5.74) is 0.139. The van der Waals surface area contributed by atoms with Gasteiger partial charge in [-0.1, -0.05) is 409 Å². The highest BCUT2D eigenvalue weighted by atomic mass is 14.7. The van der Waals surface area contributed by atoms with E-state index in [0.717, 1.165) is 30.1 Å². The summed E-state index contributed by atoms with van der Waals surface area (Å²) >= 11 is 0. The molecular weight excluding hydrogens is 1140 g/mol. The summed E-state index contributed by atoms with van der Waals surface area (Å²) in [5, 5.41) is 0. The van der Waals surface area contributed by atoms with Crippen molar-refractivity contribution >= 4 is 0 Å². The Labute approximate surface area is 604 Å². The molecule has 0 aromatic rings. The number of hydrogen-bond donors (Lipinski definition) is 0. The fraction of sp³-hybridized carbons (Fsp3) is 0.884. The van der Waals surface area contributed by atoms with Gasteiger partial charge in [-0.05, 0) is 198 Å². The van der Waals surface area contributed by atoms with Crippen LogP contribution in [-0.4, -0.2) is 0 Å². The van der Waals surface area contributed by atoms with Gasteiger partial charge in [0.1, 0.15) is 0 Å². The lowest BCUT2D eigenvalue weighted by Gasteiger charge is -2.72. The Kier molecular flexibility index (Phi) is 62.7. The van der Waals surface area contributed by atoms with Crippen LogP contribution < -0.4 is 0 Å². The number of allylic oxidation sites excluding steroid dienone is 10. The van der Waals surface area contributed by atoms with E-state index in [1.807, 2.05) is 0 Å². The van der Waals surface area contributed by atoms with Gasteiger partial charge in [0.25, 0.3) is 0 Å². The van der Waals surface area contributed by atoms with Crippen molar-refractivity contribution in [1.29, 1.82) is 0 Å². The normalized spacial score (nSPS) is 17.2. The van der Waals surface area contributed by atoms with E-state index in [-0.39, 0.29) is 21.7 Å². The van der Waals surface area contributed by atoms with E-state index in [0.29, 0.717) is 11.8 Å². The zero-order valence-corrected chi connectivity index (χ0v) is 69.0. The molecule has 0 saturated carbocycles. The van der Waals surface area contributed by atoms with E-state index in [9.17, 15) is 0 Å². The van der Waals surface area contributed by atoms with Crippen LogP contribution in [-0.2, 0) is 0 Å². The summed E-state index contributed by atoms with van der Waals surface area (Å²) in [5.74, 6) is 6.43. The molecule has 561 valence electrons. The molecule has 0 spiro atoms. The van der Waals surface area contributed by atoms with Crippen molar-refractivity contribution < 1.29 is 0 Å². The summed E-state index contributed by atoms with van der Waals surface area (Å²) < 4.78 is 0. The van der Waals surface area contributed by atoms with E-state index in [1.54, 1.807) is 0 Å². The second kappa shape index (κ2) is 63.6. The molecule has 0 bridgehead atoms. The van der Waals surface area contributed by atoms with Crippen LogP contribution in [0.4, 0.5) is 0 Å². The second-order valence-electron chi connectivity index (χ2n) is 32.4. The summed E-state index contributed by atoms with van der Waals surface area (Å²) in [6, 6.07) is 0. The first-order valence-corrected chi connectivity index (χ1v) is 44.5. The molecule has 0 aromatic carbocycles. The van der Waals surface area contributed by atoms with Crippen molar-refractivity contribution in [2.24, 2.45) is 57.2 Å². The highest BCUT2D eigenvalue weighted by molar-refractivity contribution is 5.28. The fourth-order valence-corrected chi connectivity index (χ4v) is 19.8. The molecule has 0 aliphatic carbocycles. The van der Waals surface area contributed by atoms with E-state index < -0.39 is 0 Å². The maximum Gasteiger partial charge on any atom is -0.00249 e. The van der Waals surface area contributed by atoms with Crippen LogP contribution in [0.3, 0.4) is 0 Å². The molecule has 0 heterocycles. The minimum Gasteiger partial charge on any atom is -0.0917 e. The molecule has 1 radical (unpaired) electrons. The molecule has 0 aliphatic rings. The summed E-state index contributed by atoms with van der Waals surface area (Å²) in [4.78, 5) is 0. The van der Waals surface area contributed by atoms with Gasteiger partial charge < -0.3 is 0 Å². The molecule has 0 aliphatic heterocycles. The van der Waals surface area contributed by atoms with Crippen molar-refractivity contribution in [2.75, 3.05) is 0 Å². The maximum absolute atomic E-state index is 3.30. The second-order valence-corrected chi connectivity index (χ2v) is 32.4. The Balaban J connectivity index is 12.0. The van der Waals surface area contributed by atoms with Crippen molar-refractivity contribution in [3.63, 3.8) is 0 Å². The molecule has 0 fully saturated rings. The molecule has 0 N–H and O–H groups in total. The van der Waals surface area contributed by atoms with Crippen LogP contribution in [0.1, 0.15) is 484 Å². The smallest absolute Gasteiger partial charge is 0.00249 e. The standard InChI is InChI=1S/C95H181/c1-18-34-44-49-59-74-91(81-87(65-29-12)70-55-40-24-7)92(75-33-16,76-60-50-45-35-19-2)94(78-62-52-47-37-21-4,83-89(67-31-14)72-57-42-26-9)95(79-63-53-48-38-22-5,84-90(68-32-15)73-58-43-27-10)93(77-61-51-46-36-20-3,82-88(66-30-13)71-56-41-25-8)85(17)80-86(64-28-11)69-54-39-23-6/h18,34-35,45,47,52-53,61,63,77,85-90H,19-33,36-44,46,48-51,54-60,62,64-76,78-84H2,1-17H3. The van der Waals surface area contributed by atoms with E-state index in [4.69, 9.17) is 0 Å². The zero-order valence-electron chi connectivity index (χ0n) is 69.0. The van der Waals surface area contributed by atoms with Gasteiger partial charge in [-0.2, -0.15) is 0 Å². The predicted molar refractivity (Wildman–Crippen MR) is 439 cm³/mol. The topological polar surface area (TPSA) is 0 Å². The Morgan fingerprint density at radius 3 is 1.25 bits per heavy atom. The zero-order chi connectivity index (χ0) is 70.4. The Hall–Kier alpha value is -1.30. The van der Waals surface area contributed by atoms with Gasteiger partial charge in [-0.25, -0.2) is 0 Å². The van der Waals surface area contributed by atoms with Gasteiger partial charge in [0.15, 0.2) is 0 Å². The fourth-order valence-electron chi connectivity index (χ4n) is 19.8. The van der Waals surface area contributed by atoms with Gasteiger partial charge in [0.2, 0.25) is 0 Å². The SMILES string of the molecule is CC=CCCCC[C](CC(CCC)CCCCC)C(CCC)(CCCC=CCC)C(CCC=CCCC)(CC(CCC)CCCCC)C(CC=CCCCC)(CC(CCC)CCCCC)C(C=CCCCCC)(CC(CCC)CCCCC)C(C)CC(CCC)CCCCC. The molecule has 0 heteroatoms. The average molecular weight is 1320 g/mol. The van der Waals surface area contributed by atoms with Gasteiger partial charge in [-0.3, -0.25) is 0 Å². The van der Waals surface area contributed by atoms with Gasteiger partial charge >= 0.3 is 0 Å². The Bertz CT molecular complexity index is 1760. The third-order valence-corrected chi connectivity index (χ3v) is 24.5. The average Bonchev–Trinajstić information content (AvgIpc) is 0.683. The molecule has 0 amide bonds. The van der Waals surface area contributed by atoms with Gasteiger partial charge in [0, 0.05) is 0 Å². The number of unbranched alkanes of at least 4 members (excludes halogenated alkanes) is 19. The monoisotopic (exact) mass is 1320 g/mol. The van der Waals surface area contributed by atoms with Gasteiger partial charge in [-0.15, -0.1) is 0 Å². The third kappa shape index (κ3) is 36.9. The quantitative estimate of drug-likeness (QED) is 0.0421. The molecule has 10 unspecified atom stereocenters. The summed E-state index contributed by atoms with van der Waals surface area (Å²) in [6.07, 6.45) is 104. The third-order valence-electron chi connectivity index (χ3n) is 24.5. The van der Waals surface area contributed by atoms with Crippen molar-refractivity contribution in [1.82, 2.24) is 0 Å². The van der Waals surface area contributed by atoms with E-state index in [1.165, 1.54) is 360 Å². The number of hydrogen-bond acceptors (Lipinski definition) is 0. The molecule has 0 rings (SSSR count). The minimum atomic E-state index is 0.00323. The first-order valence-electron chi connectivity index (χ1n) is 44.5.